The molecule has 0 radical (unpaired) electrons. The normalized spacial score (nSPS) is 28.5. The molecule has 0 N–H and O–H groups in total. The van der Waals surface area contributed by atoms with Gasteiger partial charge in [0.2, 0.25) is 0 Å². The van der Waals surface area contributed by atoms with Crippen LogP contribution in [0.15, 0.2) is 0 Å². The standard InChI is InChI=1S/C9H18O/c1-9(2,3)8-5-4-6-10-7-8/h8H,4-7H2,1-3H3/t8-/m1/s1. The molecule has 1 fully saturated rings. The van der Waals surface area contributed by atoms with Crippen molar-refractivity contribution < 1.29 is 4.74 Å². The maximum absolute atomic E-state index is 5.41. The smallest absolute Gasteiger partial charge is 0.0499 e. The van der Waals surface area contributed by atoms with Crippen LogP contribution in [-0.2, 0) is 4.74 Å². The zero-order valence-electron chi connectivity index (χ0n) is 7.31. The Morgan fingerprint density at radius 3 is 2.30 bits per heavy atom. The minimum Gasteiger partial charge on any atom is -0.381 e. The Hall–Kier alpha value is -0.0400. The number of hydrogen-bond donors (Lipinski definition) is 0. The zero-order chi connectivity index (χ0) is 7.61. The maximum Gasteiger partial charge on any atom is 0.0499 e. The van der Waals surface area contributed by atoms with Crippen molar-refractivity contribution in [2.75, 3.05) is 13.2 Å². The van der Waals surface area contributed by atoms with Crippen LogP contribution in [0.25, 0.3) is 0 Å². The molecule has 0 aromatic rings. The topological polar surface area (TPSA) is 9.23 Å². The molecule has 0 bridgehead atoms. The minimum absolute atomic E-state index is 0.445. The fourth-order valence-electron chi connectivity index (χ4n) is 1.42. The molecule has 1 rings (SSSR count). The number of hydrogen-bond acceptors (Lipinski definition) is 1. The van der Waals surface area contributed by atoms with Crippen LogP contribution >= 0.6 is 0 Å². The van der Waals surface area contributed by atoms with E-state index in [4.69, 9.17) is 4.74 Å². The SMILES string of the molecule is CC(C)(C)[C@@H]1CCCOC1. The summed E-state index contributed by atoms with van der Waals surface area (Å²) in [7, 11) is 0. The molecular formula is C9H18O. The first kappa shape index (κ1) is 8.06. The second-order valence-corrected chi connectivity index (χ2v) is 4.28. The van der Waals surface area contributed by atoms with E-state index in [2.05, 4.69) is 20.8 Å². The highest BCUT2D eigenvalue weighted by Crippen LogP contribution is 2.31. The summed E-state index contributed by atoms with van der Waals surface area (Å²) in [4.78, 5) is 0. The van der Waals surface area contributed by atoms with Gasteiger partial charge in [-0.25, -0.2) is 0 Å². The van der Waals surface area contributed by atoms with Crippen LogP contribution in [0, 0.1) is 11.3 Å². The van der Waals surface area contributed by atoms with Crippen molar-refractivity contribution in [1.82, 2.24) is 0 Å². The maximum atomic E-state index is 5.41. The Bertz CT molecular complexity index is 95.8. The van der Waals surface area contributed by atoms with Gasteiger partial charge in [0, 0.05) is 13.2 Å². The first-order chi connectivity index (χ1) is 4.61. The Balaban J connectivity index is 2.39. The summed E-state index contributed by atoms with van der Waals surface area (Å²) >= 11 is 0. The van der Waals surface area contributed by atoms with E-state index < -0.39 is 0 Å². The highest BCUT2D eigenvalue weighted by Gasteiger charge is 2.26. The summed E-state index contributed by atoms with van der Waals surface area (Å²) in [5.74, 6) is 0.779. The van der Waals surface area contributed by atoms with Crippen molar-refractivity contribution >= 4 is 0 Å². The van der Waals surface area contributed by atoms with Crippen molar-refractivity contribution in [1.29, 1.82) is 0 Å². The highest BCUT2D eigenvalue weighted by molar-refractivity contribution is 4.75. The predicted molar refractivity (Wildman–Crippen MR) is 43.0 cm³/mol. The van der Waals surface area contributed by atoms with Gasteiger partial charge in [0.05, 0.1) is 0 Å². The lowest BCUT2D eigenvalue weighted by atomic mass is 9.78. The summed E-state index contributed by atoms with van der Waals surface area (Å²) in [6.07, 6.45) is 2.60. The molecule has 1 nitrogen and oxygen atoms in total. The summed E-state index contributed by atoms with van der Waals surface area (Å²) in [6.45, 7) is 8.85. The van der Waals surface area contributed by atoms with Gasteiger partial charge >= 0.3 is 0 Å². The summed E-state index contributed by atoms with van der Waals surface area (Å²) in [5.41, 5.74) is 0.445. The summed E-state index contributed by atoms with van der Waals surface area (Å²) in [5, 5.41) is 0. The van der Waals surface area contributed by atoms with Crippen molar-refractivity contribution in [3.05, 3.63) is 0 Å². The predicted octanol–water partition coefficient (Wildman–Crippen LogP) is 2.46. The fraction of sp³-hybridized carbons (Fsp3) is 1.00. The Morgan fingerprint density at radius 1 is 1.30 bits per heavy atom. The lowest BCUT2D eigenvalue weighted by Gasteiger charge is -2.33. The van der Waals surface area contributed by atoms with E-state index in [0.717, 1.165) is 19.1 Å². The molecule has 1 atom stereocenters. The molecule has 0 aromatic carbocycles. The second-order valence-electron chi connectivity index (χ2n) is 4.28. The van der Waals surface area contributed by atoms with E-state index >= 15 is 0 Å². The zero-order valence-corrected chi connectivity index (χ0v) is 7.31. The van der Waals surface area contributed by atoms with Gasteiger partial charge in [-0.2, -0.15) is 0 Å². The molecule has 0 amide bonds. The Kier molecular flexibility index (Phi) is 2.35. The molecule has 0 spiro atoms. The van der Waals surface area contributed by atoms with E-state index in [1.165, 1.54) is 12.8 Å². The first-order valence-electron chi connectivity index (χ1n) is 4.18. The van der Waals surface area contributed by atoms with Crippen molar-refractivity contribution in [2.45, 2.75) is 33.6 Å². The summed E-state index contributed by atoms with van der Waals surface area (Å²) in [6, 6.07) is 0. The van der Waals surface area contributed by atoms with E-state index in [1.54, 1.807) is 0 Å². The van der Waals surface area contributed by atoms with E-state index in [0.29, 0.717) is 5.41 Å². The molecule has 10 heavy (non-hydrogen) atoms. The van der Waals surface area contributed by atoms with Crippen LogP contribution in [0.5, 0.6) is 0 Å². The molecule has 1 aliphatic heterocycles. The monoisotopic (exact) mass is 142 g/mol. The van der Waals surface area contributed by atoms with Crippen molar-refractivity contribution in [3.63, 3.8) is 0 Å². The van der Waals surface area contributed by atoms with Gasteiger partial charge < -0.3 is 4.74 Å². The van der Waals surface area contributed by atoms with Crippen LogP contribution in [0.4, 0.5) is 0 Å². The largest absolute Gasteiger partial charge is 0.381 e. The summed E-state index contributed by atoms with van der Waals surface area (Å²) < 4.78 is 5.41. The van der Waals surface area contributed by atoms with Gasteiger partial charge in [-0.05, 0) is 24.2 Å². The average Bonchev–Trinajstić information content (AvgIpc) is 1.88. The van der Waals surface area contributed by atoms with Crippen molar-refractivity contribution in [2.24, 2.45) is 11.3 Å². The van der Waals surface area contributed by atoms with Gasteiger partial charge in [0.25, 0.3) is 0 Å². The van der Waals surface area contributed by atoms with Crippen LogP contribution in [0.3, 0.4) is 0 Å². The third-order valence-electron chi connectivity index (χ3n) is 2.39. The van der Waals surface area contributed by atoms with Crippen molar-refractivity contribution in [3.8, 4) is 0 Å². The fourth-order valence-corrected chi connectivity index (χ4v) is 1.42. The van der Waals surface area contributed by atoms with Crippen LogP contribution < -0.4 is 0 Å². The molecule has 1 saturated heterocycles. The first-order valence-corrected chi connectivity index (χ1v) is 4.18. The van der Waals surface area contributed by atoms with E-state index in [9.17, 15) is 0 Å². The Morgan fingerprint density at radius 2 is 2.00 bits per heavy atom. The van der Waals surface area contributed by atoms with Gasteiger partial charge in [-0.15, -0.1) is 0 Å². The highest BCUT2D eigenvalue weighted by atomic mass is 16.5. The quantitative estimate of drug-likeness (QED) is 0.505. The minimum atomic E-state index is 0.445. The average molecular weight is 142 g/mol. The molecule has 0 saturated carbocycles. The molecule has 1 heterocycles. The number of rotatable bonds is 0. The van der Waals surface area contributed by atoms with Gasteiger partial charge in [0.15, 0.2) is 0 Å². The molecule has 0 aliphatic carbocycles. The third kappa shape index (κ3) is 1.98. The van der Waals surface area contributed by atoms with Gasteiger partial charge in [-0.3, -0.25) is 0 Å². The molecule has 1 aliphatic rings. The molecular weight excluding hydrogens is 124 g/mol. The lowest BCUT2D eigenvalue weighted by Crippen LogP contribution is -2.29. The van der Waals surface area contributed by atoms with Crippen LogP contribution in [0.2, 0.25) is 0 Å². The second kappa shape index (κ2) is 2.91. The van der Waals surface area contributed by atoms with Crippen LogP contribution in [0.1, 0.15) is 33.6 Å². The van der Waals surface area contributed by atoms with Crippen LogP contribution in [-0.4, -0.2) is 13.2 Å². The molecule has 0 aromatic heterocycles. The lowest BCUT2D eigenvalue weighted by molar-refractivity contribution is 0.0103. The third-order valence-corrected chi connectivity index (χ3v) is 2.39. The van der Waals surface area contributed by atoms with E-state index in [-0.39, 0.29) is 0 Å². The molecule has 1 heteroatoms. The number of ether oxygens (including phenoxy) is 1. The van der Waals surface area contributed by atoms with Gasteiger partial charge in [-0.1, -0.05) is 20.8 Å². The molecule has 0 unspecified atom stereocenters. The molecule has 60 valence electrons. The van der Waals surface area contributed by atoms with E-state index in [1.807, 2.05) is 0 Å². The Labute approximate surface area is 63.8 Å². The van der Waals surface area contributed by atoms with Gasteiger partial charge in [0.1, 0.15) is 0 Å².